The lowest BCUT2D eigenvalue weighted by Gasteiger charge is -2.03. The summed E-state index contributed by atoms with van der Waals surface area (Å²) in [6, 6.07) is 5.58. The molecule has 1 rings (SSSR count). The molecule has 12 heavy (non-hydrogen) atoms. The standard InChI is InChI=1S/C9H9ClN2/c1-6-2-7(4-11)8(5-12)3-9(6)10/h2-3H,5,12H2,1H3. The van der Waals surface area contributed by atoms with Gasteiger partial charge in [0, 0.05) is 11.6 Å². The van der Waals surface area contributed by atoms with Crippen LogP contribution in [0.5, 0.6) is 0 Å². The molecule has 0 saturated heterocycles. The van der Waals surface area contributed by atoms with E-state index in [-0.39, 0.29) is 0 Å². The van der Waals surface area contributed by atoms with Crippen molar-refractivity contribution in [3.05, 3.63) is 33.8 Å². The van der Waals surface area contributed by atoms with Crippen molar-refractivity contribution < 1.29 is 0 Å². The van der Waals surface area contributed by atoms with Gasteiger partial charge in [-0.2, -0.15) is 5.26 Å². The largest absolute Gasteiger partial charge is 0.326 e. The number of nitrogens with zero attached hydrogens (tertiary/aromatic N) is 1. The fourth-order valence-corrected chi connectivity index (χ4v) is 1.18. The number of aryl methyl sites for hydroxylation is 1. The lowest BCUT2D eigenvalue weighted by Crippen LogP contribution is -2.00. The van der Waals surface area contributed by atoms with Crippen LogP contribution in [-0.2, 0) is 6.54 Å². The average Bonchev–Trinajstić information content (AvgIpc) is 2.09. The van der Waals surface area contributed by atoms with Crippen LogP contribution in [0, 0.1) is 18.3 Å². The minimum Gasteiger partial charge on any atom is -0.326 e. The molecule has 1 aromatic rings. The second kappa shape index (κ2) is 3.57. The number of hydrogen-bond acceptors (Lipinski definition) is 2. The van der Waals surface area contributed by atoms with Crippen LogP contribution in [0.25, 0.3) is 0 Å². The predicted octanol–water partition coefficient (Wildman–Crippen LogP) is 1.98. The Kier molecular flexibility index (Phi) is 2.69. The average molecular weight is 181 g/mol. The van der Waals surface area contributed by atoms with Gasteiger partial charge in [0.15, 0.2) is 0 Å². The number of nitriles is 1. The Bertz CT molecular complexity index is 339. The first-order valence-electron chi connectivity index (χ1n) is 3.58. The highest BCUT2D eigenvalue weighted by molar-refractivity contribution is 6.31. The Hall–Kier alpha value is -1.04. The van der Waals surface area contributed by atoms with Gasteiger partial charge < -0.3 is 5.73 Å². The van der Waals surface area contributed by atoms with Crippen LogP contribution in [0.3, 0.4) is 0 Å². The van der Waals surface area contributed by atoms with Crippen LogP contribution in [0.4, 0.5) is 0 Å². The summed E-state index contributed by atoms with van der Waals surface area (Å²) in [5.74, 6) is 0. The molecular weight excluding hydrogens is 172 g/mol. The number of rotatable bonds is 1. The van der Waals surface area contributed by atoms with Crippen molar-refractivity contribution in [2.24, 2.45) is 5.73 Å². The Balaban J connectivity index is 3.31. The van der Waals surface area contributed by atoms with Gasteiger partial charge in [0.05, 0.1) is 11.6 Å². The van der Waals surface area contributed by atoms with E-state index in [0.29, 0.717) is 17.1 Å². The van der Waals surface area contributed by atoms with E-state index in [4.69, 9.17) is 22.6 Å². The number of halogens is 1. The smallest absolute Gasteiger partial charge is 0.0995 e. The van der Waals surface area contributed by atoms with E-state index in [0.717, 1.165) is 11.1 Å². The summed E-state index contributed by atoms with van der Waals surface area (Å²) in [4.78, 5) is 0. The monoisotopic (exact) mass is 180 g/mol. The molecule has 0 amide bonds. The Morgan fingerprint density at radius 2 is 2.25 bits per heavy atom. The number of benzene rings is 1. The number of nitrogens with two attached hydrogens (primary N) is 1. The molecule has 0 atom stereocenters. The van der Waals surface area contributed by atoms with Gasteiger partial charge >= 0.3 is 0 Å². The van der Waals surface area contributed by atoms with Crippen molar-refractivity contribution in [3.8, 4) is 6.07 Å². The van der Waals surface area contributed by atoms with Gasteiger partial charge in [-0.25, -0.2) is 0 Å². The fourth-order valence-electron chi connectivity index (χ4n) is 0.996. The normalized spacial score (nSPS) is 9.50. The SMILES string of the molecule is Cc1cc(C#N)c(CN)cc1Cl. The first-order chi connectivity index (χ1) is 5.69. The third-order valence-electron chi connectivity index (χ3n) is 1.72. The summed E-state index contributed by atoms with van der Waals surface area (Å²) in [5.41, 5.74) is 7.75. The minimum atomic E-state index is 0.350. The first kappa shape index (κ1) is 9.05. The summed E-state index contributed by atoms with van der Waals surface area (Å²) < 4.78 is 0. The molecule has 0 heterocycles. The Morgan fingerprint density at radius 3 is 2.75 bits per heavy atom. The summed E-state index contributed by atoms with van der Waals surface area (Å²) >= 11 is 5.86. The molecule has 0 aliphatic rings. The van der Waals surface area contributed by atoms with E-state index >= 15 is 0 Å². The van der Waals surface area contributed by atoms with Crippen molar-refractivity contribution in [1.82, 2.24) is 0 Å². The van der Waals surface area contributed by atoms with E-state index in [2.05, 4.69) is 6.07 Å². The molecule has 0 saturated carbocycles. The van der Waals surface area contributed by atoms with Gasteiger partial charge in [-0.15, -0.1) is 0 Å². The minimum absolute atomic E-state index is 0.350. The molecule has 1 aromatic carbocycles. The zero-order valence-corrected chi connectivity index (χ0v) is 7.52. The highest BCUT2D eigenvalue weighted by atomic mass is 35.5. The maximum atomic E-state index is 8.72. The van der Waals surface area contributed by atoms with E-state index in [1.54, 1.807) is 12.1 Å². The third kappa shape index (κ3) is 1.58. The predicted molar refractivity (Wildman–Crippen MR) is 48.8 cm³/mol. The van der Waals surface area contributed by atoms with Crippen molar-refractivity contribution in [2.75, 3.05) is 0 Å². The highest BCUT2D eigenvalue weighted by Crippen LogP contribution is 2.19. The van der Waals surface area contributed by atoms with Gasteiger partial charge in [0.1, 0.15) is 0 Å². The summed E-state index contributed by atoms with van der Waals surface area (Å²) in [6.07, 6.45) is 0. The third-order valence-corrected chi connectivity index (χ3v) is 2.13. The van der Waals surface area contributed by atoms with Crippen molar-refractivity contribution in [1.29, 1.82) is 5.26 Å². The van der Waals surface area contributed by atoms with Gasteiger partial charge in [-0.3, -0.25) is 0 Å². The highest BCUT2D eigenvalue weighted by Gasteiger charge is 2.03. The maximum Gasteiger partial charge on any atom is 0.0995 e. The molecule has 0 aromatic heterocycles. The van der Waals surface area contributed by atoms with Crippen LogP contribution in [-0.4, -0.2) is 0 Å². The Labute approximate surface area is 76.6 Å². The molecule has 0 fully saturated rings. The first-order valence-corrected chi connectivity index (χ1v) is 3.96. The summed E-state index contributed by atoms with van der Waals surface area (Å²) in [7, 11) is 0. The van der Waals surface area contributed by atoms with Crippen LogP contribution in [0.15, 0.2) is 12.1 Å². The van der Waals surface area contributed by atoms with Gasteiger partial charge in [0.25, 0.3) is 0 Å². The van der Waals surface area contributed by atoms with E-state index in [9.17, 15) is 0 Å². The summed E-state index contributed by atoms with van der Waals surface area (Å²) in [6.45, 7) is 2.21. The molecule has 2 N–H and O–H groups in total. The second-order valence-corrected chi connectivity index (χ2v) is 2.98. The van der Waals surface area contributed by atoms with Crippen molar-refractivity contribution >= 4 is 11.6 Å². The Morgan fingerprint density at radius 1 is 1.58 bits per heavy atom. The topological polar surface area (TPSA) is 49.8 Å². The van der Waals surface area contributed by atoms with Crippen LogP contribution in [0.2, 0.25) is 5.02 Å². The van der Waals surface area contributed by atoms with Gasteiger partial charge in [-0.05, 0) is 30.2 Å². The van der Waals surface area contributed by atoms with Crippen LogP contribution >= 0.6 is 11.6 Å². The van der Waals surface area contributed by atoms with Gasteiger partial charge in [0.2, 0.25) is 0 Å². The lowest BCUT2D eigenvalue weighted by molar-refractivity contribution is 1.06. The molecule has 2 nitrogen and oxygen atoms in total. The molecule has 3 heteroatoms. The summed E-state index contributed by atoms with van der Waals surface area (Å²) in [5, 5.41) is 9.38. The molecule has 0 radical (unpaired) electrons. The van der Waals surface area contributed by atoms with Crippen molar-refractivity contribution in [2.45, 2.75) is 13.5 Å². The zero-order chi connectivity index (χ0) is 9.14. The van der Waals surface area contributed by atoms with Crippen LogP contribution < -0.4 is 5.73 Å². The molecule has 62 valence electrons. The molecular formula is C9H9ClN2. The fraction of sp³-hybridized carbons (Fsp3) is 0.222. The van der Waals surface area contributed by atoms with E-state index in [1.807, 2.05) is 6.92 Å². The molecule has 0 aliphatic carbocycles. The van der Waals surface area contributed by atoms with Crippen LogP contribution in [0.1, 0.15) is 16.7 Å². The molecule has 0 aliphatic heterocycles. The molecule has 0 spiro atoms. The maximum absolute atomic E-state index is 8.72. The van der Waals surface area contributed by atoms with Gasteiger partial charge in [-0.1, -0.05) is 11.6 Å². The quantitative estimate of drug-likeness (QED) is 0.719. The lowest BCUT2D eigenvalue weighted by atomic mass is 10.1. The van der Waals surface area contributed by atoms with E-state index in [1.165, 1.54) is 0 Å². The van der Waals surface area contributed by atoms with E-state index < -0.39 is 0 Å². The molecule has 0 unspecified atom stereocenters. The zero-order valence-electron chi connectivity index (χ0n) is 6.76. The van der Waals surface area contributed by atoms with Crippen molar-refractivity contribution in [3.63, 3.8) is 0 Å². The number of hydrogen-bond donors (Lipinski definition) is 1. The second-order valence-electron chi connectivity index (χ2n) is 2.57. The molecule has 0 bridgehead atoms.